The van der Waals surface area contributed by atoms with Crippen molar-refractivity contribution in [1.29, 1.82) is 0 Å². The lowest BCUT2D eigenvalue weighted by atomic mass is 10.0. The number of hydrogen-bond donors (Lipinski definition) is 1. The highest BCUT2D eigenvalue weighted by Gasteiger charge is 2.18. The molecule has 0 aliphatic carbocycles. The van der Waals surface area contributed by atoms with Crippen molar-refractivity contribution in [3.63, 3.8) is 0 Å². The van der Waals surface area contributed by atoms with Crippen molar-refractivity contribution in [3.8, 4) is 0 Å². The third-order valence-electron chi connectivity index (χ3n) is 2.87. The maximum absolute atomic E-state index is 12.1. The summed E-state index contributed by atoms with van der Waals surface area (Å²) in [5.74, 6) is -0.0391. The Morgan fingerprint density at radius 3 is 2.62 bits per heavy atom. The minimum atomic E-state index is -0.160. The number of rotatable bonds is 3. The van der Waals surface area contributed by atoms with Crippen molar-refractivity contribution in [3.05, 3.63) is 34.9 Å². The van der Waals surface area contributed by atoms with Crippen LogP contribution in [0.15, 0.2) is 18.2 Å². The molecule has 3 nitrogen and oxygen atoms in total. The summed E-state index contributed by atoms with van der Waals surface area (Å²) in [4.78, 5) is 13.7. The van der Waals surface area contributed by atoms with Crippen molar-refractivity contribution >= 4 is 5.91 Å². The van der Waals surface area contributed by atoms with Gasteiger partial charge in [0.2, 0.25) is 0 Å². The van der Waals surface area contributed by atoms with E-state index in [1.54, 1.807) is 11.9 Å². The van der Waals surface area contributed by atoms with E-state index in [2.05, 4.69) is 0 Å². The molecule has 1 aromatic carbocycles. The molecular formula is C13H19NO2. The molecule has 88 valence electrons. The summed E-state index contributed by atoms with van der Waals surface area (Å²) in [7, 11) is 1.71. The molecule has 1 atom stereocenters. The fraction of sp³-hybridized carbons (Fsp3) is 0.462. The summed E-state index contributed by atoms with van der Waals surface area (Å²) in [5.41, 5.74) is 2.74. The molecule has 0 saturated carbocycles. The number of benzene rings is 1. The number of aliphatic hydroxyl groups is 1. The van der Waals surface area contributed by atoms with Crippen LogP contribution in [0.25, 0.3) is 0 Å². The summed E-state index contributed by atoms with van der Waals surface area (Å²) in [5, 5.41) is 9.03. The van der Waals surface area contributed by atoms with Gasteiger partial charge in [0, 0.05) is 12.6 Å². The van der Waals surface area contributed by atoms with Gasteiger partial charge in [0.05, 0.1) is 12.6 Å². The normalized spacial score (nSPS) is 12.3. The highest BCUT2D eigenvalue weighted by atomic mass is 16.3. The Kier molecular flexibility index (Phi) is 4.07. The van der Waals surface area contributed by atoms with Crippen LogP contribution in [0.4, 0.5) is 0 Å². The monoisotopic (exact) mass is 221 g/mol. The van der Waals surface area contributed by atoms with Crippen molar-refractivity contribution in [2.75, 3.05) is 13.7 Å². The van der Waals surface area contributed by atoms with Crippen LogP contribution in [0.1, 0.15) is 28.4 Å². The van der Waals surface area contributed by atoms with E-state index in [-0.39, 0.29) is 18.6 Å². The van der Waals surface area contributed by atoms with Gasteiger partial charge in [-0.05, 0) is 32.4 Å². The average molecular weight is 221 g/mol. The molecule has 0 fully saturated rings. The number of nitrogens with zero attached hydrogens (tertiary/aromatic N) is 1. The molecule has 0 saturated heterocycles. The predicted molar refractivity (Wildman–Crippen MR) is 64.6 cm³/mol. The first kappa shape index (κ1) is 12.7. The molecule has 1 amide bonds. The van der Waals surface area contributed by atoms with Crippen LogP contribution < -0.4 is 0 Å². The molecule has 0 heterocycles. The van der Waals surface area contributed by atoms with E-state index >= 15 is 0 Å². The topological polar surface area (TPSA) is 40.5 Å². The molecule has 1 rings (SSSR count). The van der Waals surface area contributed by atoms with E-state index in [0.717, 1.165) is 11.1 Å². The van der Waals surface area contributed by atoms with E-state index in [1.807, 2.05) is 39.0 Å². The number of hydrogen-bond acceptors (Lipinski definition) is 2. The molecular weight excluding hydrogens is 202 g/mol. The second-order valence-corrected chi connectivity index (χ2v) is 4.27. The highest BCUT2D eigenvalue weighted by molar-refractivity contribution is 5.95. The Morgan fingerprint density at radius 2 is 2.06 bits per heavy atom. The Bertz CT molecular complexity index is 388. The maximum Gasteiger partial charge on any atom is 0.254 e. The van der Waals surface area contributed by atoms with E-state index in [9.17, 15) is 4.79 Å². The van der Waals surface area contributed by atoms with Gasteiger partial charge in [-0.3, -0.25) is 4.79 Å². The molecule has 1 aromatic rings. The van der Waals surface area contributed by atoms with Crippen LogP contribution in [-0.4, -0.2) is 35.6 Å². The fourth-order valence-electron chi connectivity index (χ4n) is 1.48. The summed E-state index contributed by atoms with van der Waals surface area (Å²) in [6.45, 7) is 5.69. The maximum atomic E-state index is 12.1. The quantitative estimate of drug-likeness (QED) is 0.845. The second kappa shape index (κ2) is 5.12. The van der Waals surface area contributed by atoms with Crippen LogP contribution in [0.5, 0.6) is 0 Å². The summed E-state index contributed by atoms with van der Waals surface area (Å²) < 4.78 is 0. The van der Waals surface area contributed by atoms with Crippen LogP contribution in [0, 0.1) is 13.8 Å². The summed E-state index contributed by atoms with van der Waals surface area (Å²) in [6, 6.07) is 5.66. The number of aliphatic hydroxyl groups excluding tert-OH is 1. The molecule has 0 radical (unpaired) electrons. The van der Waals surface area contributed by atoms with Gasteiger partial charge in [-0.15, -0.1) is 0 Å². The van der Waals surface area contributed by atoms with Crippen molar-refractivity contribution in [2.45, 2.75) is 26.8 Å². The minimum Gasteiger partial charge on any atom is -0.394 e. The molecule has 1 N–H and O–H groups in total. The van der Waals surface area contributed by atoms with Crippen molar-refractivity contribution in [1.82, 2.24) is 4.90 Å². The first-order valence-corrected chi connectivity index (χ1v) is 5.42. The number of amides is 1. The van der Waals surface area contributed by atoms with Crippen LogP contribution >= 0.6 is 0 Å². The van der Waals surface area contributed by atoms with Gasteiger partial charge in [-0.1, -0.05) is 17.7 Å². The SMILES string of the molecule is Cc1ccc(C)c(C(=O)N(C)C(C)CO)c1. The fourth-order valence-corrected chi connectivity index (χ4v) is 1.48. The van der Waals surface area contributed by atoms with Gasteiger partial charge in [0.25, 0.3) is 5.91 Å². The van der Waals surface area contributed by atoms with E-state index in [1.165, 1.54) is 0 Å². The predicted octanol–water partition coefficient (Wildman–Crippen LogP) is 1.76. The second-order valence-electron chi connectivity index (χ2n) is 4.27. The first-order chi connectivity index (χ1) is 7.47. The third-order valence-corrected chi connectivity index (χ3v) is 2.87. The smallest absolute Gasteiger partial charge is 0.254 e. The molecule has 1 unspecified atom stereocenters. The molecule has 3 heteroatoms. The van der Waals surface area contributed by atoms with Gasteiger partial charge >= 0.3 is 0 Å². The number of carbonyl (C=O) groups excluding carboxylic acids is 1. The molecule has 0 bridgehead atoms. The number of likely N-dealkylation sites (N-methyl/N-ethyl adjacent to an activating group) is 1. The van der Waals surface area contributed by atoms with Gasteiger partial charge < -0.3 is 10.0 Å². The van der Waals surface area contributed by atoms with E-state index < -0.39 is 0 Å². The number of aryl methyl sites for hydroxylation is 2. The summed E-state index contributed by atoms with van der Waals surface area (Å²) >= 11 is 0. The molecule has 0 aliphatic rings. The lowest BCUT2D eigenvalue weighted by molar-refractivity contribution is 0.0681. The largest absolute Gasteiger partial charge is 0.394 e. The van der Waals surface area contributed by atoms with Crippen molar-refractivity contribution < 1.29 is 9.90 Å². The lowest BCUT2D eigenvalue weighted by Gasteiger charge is -2.24. The Balaban J connectivity index is 3.00. The minimum absolute atomic E-state index is 0.0207. The van der Waals surface area contributed by atoms with Gasteiger partial charge in [-0.25, -0.2) is 0 Å². The zero-order valence-electron chi connectivity index (χ0n) is 10.3. The van der Waals surface area contributed by atoms with Crippen LogP contribution in [0.3, 0.4) is 0 Å². The van der Waals surface area contributed by atoms with E-state index in [0.29, 0.717) is 5.56 Å². The molecule has 0 spiro atoms. The van der Waals surface area contributed by atoms with Crippen LogP contribution in [0.2, 0.25) is 0 Å². The van der Waals surface area contributed by atoms with Gasteiger partial charge in [0.1, 0.15) is 0 Å². The van der Waals surface area contributed by atoms with E-state index in [4.69, 9.17) is 5.11 Å². The van der Waals surface area contributed by atoms with Crippen LogP contribution in [-0.2, 0) is 0 Å². The summed E-state index contributed by atoms with van der Waals surface area (Å²) in [6.07, 6.45) is 0. The van der Waals surface area contributed by atoms with Gasteiger partial charge in [-0.2, -0.15) is 0 Å². The Hall–Kier alpha value is -1.35. The zero-order valence-corrected chi connectivity index (χ0v) is 10.3. The highest BCUT2D eigenvalue weighted by Crippen LogP contribution is 2.13. The number of carbonyl (C=O) groups is 1. The first-order valence-electron chi connectivity index (χ1n) is 5.42. The van der Waals surface area contributed by atoms with Gasteiger partial charge in [0.15, 0.2) is 0 Å². The molecule has 0 aromatic heterocycles. The molecule has 0 aliphatic heterocycles. The average Bonchev–Trinajstić information content (AvgIpc) is 2.29. The lowest BCUT2D eigenvalue weighted by Crippen LogP contribution is -2.37. The third kappa shape index (κ3) is 2.61. The molecule has 16 heavy (non-hydrogen) atoms. The Morgan fingerprint density at radius 1 is 1.44 bits per heavy atom. The van der Waals surface area contributed by atoms with Crippen molar-refractivity contribution in [2.24, 2.45) is 0 Å². The zero-order chi connectivity index (χ0) is 12.3. The Labute approximate surface area is 96.7 Å². The standard InChI is InChI=1S/C13H19NO2/c1-9-5-6-10(2)12(7-9)13(16)14(4)11(3)8-15/h5-7,11,15H,8H2,1-4H3.